The van der Waals surface area contributed by atoms with Gasteiger partial charge >= 0.3 is 0 Å². The lowest BCUT2D eigenvalue weighted by Crippen LogP contribution is -2.20. The molecule has 0 spiro atoms. The molecule has 0 unspecified atom stereocenters. The maximum absolute atomic E-state index is 9.32. The highest BCUT2D eigenvalue weighted by atomic mass is 32.2. The van der Waals surface area contributed by atoms with E-state index in [2.05, 4.69) is 35.0 Å². The minimum Gasteiger partial charge on any atom is -0.384 e. The van der Waals surface area contributed by atoms with Gasteiger partial charge in [0.05, 0.1) is 29.1 Å². The van der Waals surface area contributed by atoms with Crippen LogP contribution in [0.3, 0.4) is 0 Å². The van der Waals surface area contributed by atoms with Gasteiger partial charge in [-0.3, -0.25) is 8.87 Å². The van der Waals surface area contributed by atoms with Crippen LogP contribution in [0.15, 0.2) is 29.2 Å². The molecule has 6 heteroatoms. The Hall–Kier alpha value is -2.26. The quantitative estimate of drug-likeness (QED) is 0.780. The Balaban J connectivity index is 2.30. The number of hydrogen-bond acceptors (Lipinski definition) is 5. The lowest BCUT2D eigenvalue weighted by atomic mass is 10.1. The van der Waals surface area contributed by atoms with E-state index < -0.39 is 0 Å². The summed E-state index contributed by atoms with van der Waals surface area (Å²) < 4.78 is 7.29. The van der Waals surface area contributed by atoms with Crippen molar-refractivity contribution >= 4 is 23.6 Å². The second-order valence-corrected chi connectivity index (χ2v) is 6.05. The van der Waals surface area contributed by atoms with Crippen LogP contribution in [0.2, 0.25) is 0 Å². The second-order valence-electron chi connectivity index (χ2n) is 5.27. The van der Waals surface area contributed by atoms with Gasteiger partial charge in [0, 0.05) is 17.6 Å². The number of aromatic nitrogens is 1. The highest BCUT2D eigenvalue weighted by molar-refractivity contribution is 7.95. The molecule has 0 amide bonds. The van der Waals surface area contributed by atoms with E-state index in [9.17, 15) is 5.26 Å². The summed E-state index contributed by atoms with van der Waals surface area (Å²) in [6.07, 6.45) is 4.10. The molecular weight excluding hydrogens is 282 g/mol. The summed E-state index contributed by atoms with van der Waals surface area (Å²) in [6, 6.07) is 2.21. The predicted molar refractivity (Wildman–Crippen MR) is 86.3 cm³/mol. The summed E-state index contributed by atoms with van der Waals surface area (Å²) in [6.45, 7) is 8.08. The van der Waals surface area contributed by atoms with E-state index in [0.29, 0.717) is 11.4 Å². The molecule has 0 saturated carbocycles. The minimum absolute atomic E-state index is 0.507. The van der Waals surface area contributed by atoms with Crippen molar-refractivity contribution in [3.63, 3.8) is 0 Å². The standard InChI is InChI=1S/C15H17N5S/c1-8-5-9(2)20-13(7-18-21-20)14(8)19-11(4)10(3)12(6-16)15(19)17/h5,7,18H,17H2,1-4H3. The molecule has 3 rings (SSSR count). The van der Waals surface area contributed by atoms with Crippen LogP contribution in [-0.2, 0) is 0 Å². The number of nitrogen functional groups attached to an aromatic ring is 1. The first-order valence-corrected chi connectivity index (χ1v) is 7.45. The largest absolute Gasteiger partial charge is 0.384 e. The predicted octanol–water partition coefficient (Wildman–Crippen LogP) is 3.02. The van der Waals surface area contributed by atoms with Crippen molar-refractivity contribution in [3.8, 4) is 6.07 Å². The van der Waals surface area contributed by atoms with Gasteiger partial charge in [0.2, 0.25) is 0 Å². The fraction of sp³-hybridized carbons (Fsp3) is 0.267. The molecule has 5 nitrogen and oxygen atoms in total. The summed E-state index contributed by atoms with van der Waals surface area (Å²) in [5, 5.41) is 9.32. The van der Waals surface area contributed by atoms with Gasteiger partial charge in [0.1, 0.15) is 11.9 Å². The van der Waals surface area contributed by atoms with Crippen LogP contribution in [0.25, 0.3) is 5.70 Å². The van der Waals surface area contributed by atoms with Crippen LogP contribution in [0.1, 0.15) is 30.7 Å². The van der Waals surface area contributed by atoms with E-state index in [0.717, 1.165) is 33.9 Å². The number of anilines is 1. The molecule has 108 valence electrons. The number of nitrogens with zero attached hydrogens (tertiary/aromatic N) is 3. The van der Waals surface area contributed by atoms with Crippen LogP contribution in [-0.4, -0.2) is 8.87 Å². The van der Waals surface area contributed by atoms with E-state index in [-0.39, 0.29) is 0 Å². The first-order valence-electron chi connectivity index (χ1n) is 6.67. The fourth-order valence-corrected chi connectivity index (χ4v) is 3.57. The van der Waals surface area contributed by atoms with E-state index in [4.69, 9.17) is 5.73 Å². The zero-order valence-corrected chi connectivity index (χ0v) is 13.3. The molecule has 0 atom stereocenters. The van der Waals surface area contributed by atoms with Gasteiger partial charge in [-0.05, 0) is 44.9 Å². The number of rotatable bonds is 1. The molecule has 2 aliphatic rings. The minimum atomic E-state index is 0.507. The van der Waals surface area contributed by atoms with E-state index in [1.54, 1.807) is 0 Å². The van der Waals surface area contributed by atoms with Gasteiger partial charge in [-0.2, -0.15) is 5.26 Å². The Morgan fingerprint density at radius 1 is 1.29 bits per heavy atom. The van der Waals surface area contributed by atoms with Crippen LogP contribution in [0.5, 0.6) is 0 Å². The number of allylic oxidation sites excluding steroid dienone is 4. The Kier molecular flexibility index (Phi) is 3.03. The molecule has 2 aliphatic heterocycles. The Morgan fingerprint density at radius 2 is 2.00 bits per heavy atom. The molecule has 0 aliphatic carbocycles. The van der Waals surface area contributed by atoms with Crippen molar-refractivity contribution < 1.29 is 0 Å². The zero-order chi connectivity index (χ0) is 15.3. The van der Waals surface area contributed by atoms with Crippen molar-refractivity contribution in [1.29, 1.82) is 5.26 Å². The topological polar surface area (TPSA) is 70.0 Å². The van der Waals surface area contributed by atoms with Gasteiger partial charge < -0.3 is 10.5 Å². The lowest BCUT2D eigenvalue weighted by Gasteiger charge is -2.29. The summed E-state index contributed by atoms with van der Waals surface area (Å²) >= 11 is 1.53. The average Bonchev–Trinajstić information content (AvgIpc) is 2.99. The van der Waals surface area contributed by atoms with Crippen LogP contribution < -0.4 is 10.5 Å². The smallest absolute Gasteiger partial charge is 0.126 e. The first-order chi connectivity index (χ1) is 9.97. The molecule has 1 aromatic heterocycles. The van der Waals surface area contributed by atoms with Crippen molar-refractivity contribution in [3.05, 3.63) is 46.1 Å². The lowest BCUT2D eigenvalue weighted by molar-refractivity contribution is 0.717. The van der Waals surface area contributed by atoms with Crippen molar-refractivity contribution in [2.24, 2.45) is 0 Å². The Morgan fingerprint density at radius 3 is 2.62 bits per heavy atom. The Bertz CT molecular complexity index is 773. The average molecular weight is 299 g/mol. The van der Waals surface area contributed by atoms with E-state index >= 15 is 0 Å². The molecule has 0 saturated heterocycles. The zero-order valence-electron chi connectivity index (χ0n) is 12.5. The summed E-state index contributed by atoms with van der Waals surface area (Å²) in [7, 11) is 0. The highest BCUT2D eigenvalue weighted by Crippen LogP contribution is 2.42. The third-order valence-corrected chi connectivity index (χ3v) is 4.90. The van der Waals surface area contributed by atoms with Gasteiger partial charge in [0.25, 0.3) is 0 Å². The third kappa shape index (κ3) is 1.78. The highest BCUT2D eigenvalue weighted by Gasteiger charge is 2.30. The number of nitriles is 1. The fourth-order valence-electron chi connectivity index (χ4n) is 2.86. The molecular formula is C15H17N5S. The summed E-state index contributed by atoms with van der Waals surface area (Å²) in [5.74, 6) is 0.507. The summed E-state index contributed by atoms with van der Waals surface area (Å²) in [4.78, 5) is 0. The molecule has 0 aromatic carbocycles. The van der Waals surface area contributed by atoms with Crippen molar-refractivity contribution in [2.75, 3.05) is 5.73 Å². The molecule has 1 aromatic rings. The van der Waals surface area contributed by atoms with E-state index in [1.165, 1.54) is 12.1 Å². The Labute approximate surface area is 128 Å². The van der Waals surface area contributed by atoms with Crippen molar-refractivity contribution in [1.82, 2.24) is 13.6 Å². The van der Waals surface area contributed by atoms with Gasteiger partial charge in [-0.1, -0.05) is 0 Å². The maximum atomic E-state index is 9.32. The molecule has 0 radical (unpaired) electrons. The molecule has 3 N–H and O–H groups in total. The molecule has 21 heavy (non-hydrogen) atoms. The van der Waals surface area contributed by atoms with Gasteiger partial charge in [0.15, 0.2) is 0 Å². The van der Waals surface area contributed by atoms with Crippen LogP contribution >= 0.6 is 12.1 Å². The SMILES string of the molecule is CC1=CC(C)=C(n2c(C)c(C)c(C#N)c2N)C2=CNSN12. The molecule has 3 heterocycles. The van der Waals surface area contributed by atoms with Crippen LogP contribution in [0.4, 0.5) is 5.82 Å². The van der Waals surface area contributed by atoms with Gasteiger partial charge in [-0.15, -0.1) is 0 Å². The van der Waals surface area contributed by atoms with E-state index in [1.807, 2.05) is 24.6 Å². The second kappa shape index (κ2) is 4.64. The maximum Gasteiger partial charge on any atom is 0.126 e. The van der Waals surface area contributed by atoms with Crippen LogP contribution in [0, 0.1) is 25.2 Å². The molecule has 0 fully saturated rings. The number of fused-ring (bicyclic) bond motifs is 1. The normalized spacial score (nSPS) is 17.2. The summed E-state index contributed by atoms with van der Waals surface area (Å²) in [5.41, 5.74) is 13.1. The molecule has 0 bridgehead atoms. The third-order valence-electron chi connectivity index (χ3n) is 4.01. The van der Waals surface area contributed by atoms with Gasteiger partial charge in [-0.25, -0.2) is 0 Å². The first kappa shape index (κ1) is 13.7. The monoisotopic (exact) mass is 299 g/mol. The number of hydrogen-bond donors (Lipinski definition) is 2. The van der Waals surface area contributed by atoms with Crippen molar-refractivity contribution in [2.45, 2.75) is 27.7 Å². The number of nitrogens with two attached hydrogens (primary N) is 1. The number of nitrogens with one attached hydrogen (secondary N) is 1.